The molecule has 0 bridgehead atoms. The van der Waals surface area contributed by atoms with E-state index < -0.39 is 17.5 Å². The predicted molar refractivity (Wildman–Crippen MR) is 175 cm³/mol. The molecule has 3 aliphatic rings. The highest BCUT2D eigenvalue weighted by Crippen LogP contribution is 2.43. The lowest BCUT2D eigenvalue weighted by Crippen LogP contribution is -2.34. The molecular formula is C38H62O5. The van der Waals surface area contributed by atoms with E-state index in [1.807, 2.05) is 0 Å². The maximum Gasteiger partial charge on any atom is 0.336 e. The lowest BCUT2D eigenvalue weighted by Gasteiger charge is -2.39. The van der Waals surface area contributed by atoms with Gasteiger partial charge in [-0.25, -0.2) is 9.59 Å². The number of aliphatic hydroxyl groups is 1. The zero-order valence-corrected chi connectivity index (χ0v) is 27.9. The number of unbranched alkanes of at least 4 members (excludes halogenated alkanes) is 2. The van der Waals surface area contributed by atoms with Crippen molar-refractivity contribution in [3.63, 3.8) is 0 Å². The van der Waals surface area contributed by atoms with Crippen molar-refractivity contribution < 1.29 is 24.2 Å². The van der Waals surface area contributed by atoms with E-state index in [4.69, 9.17) is 9.47 Å². The molecule has 0 aliphatic heterocycles. The van der Waals surface area contributed by atoms with Gasteiger partial charge in [0.1, 0.15) is 0 Å². The lowest BCUT2D eigenvalue weighted by molar-refractivity contribution is -0.147. The van der Waals surface area contributed by atoms with E-state index in [9.17, 15) is 14.7 Å². The molecule has 0 spiro atoms. The van der Waals surface area contributed by atoms with E-state index in [1.165, 1.54) is 104 Å². The van der Waals surface area contributed by atoms with Crippen molar-refractivity contribution in [2.75, 3.05) is 13.2 Å². The third-order valence-electron chi connectivity index (χ3n) is 10.9. The minimum atomic E-state index is -1.33. The number of rotatable bonds is 15. The van der Waals surface area contributed by atoms with E-state index in [2.05, 4.69) is 32.2 Å². The Morgan fingerprint density at radius 1 is 0.791 bits per heavy atom. The smallest absolute Gasteiger partial charge is 0.336 e. The summed E-state index contributed by atoms with van der Waals surface area (Å²) in [5.74, 6) is 3.38. The van der Waals surface area contributed by atoms with Crippen molar-refractivity contribution in [2.45, 2.75) is 136 Å². The van der Waals surface area contributed by atoms with Crippen LogP contribution in [-0.2, 0) is 19.1 Å². The van der Waals surface area contributed by atoms with Crippen LogP contribution in [0.25, 0.3) is 0 Å². The van der Waals surface area contributed by atoms with Crippen molar-refractivity contribution in [1.29, 1.82) is 0 Å². The van der Waals surface area contributed by atoms with Crippen molar-refractivity contribution in [3.8, 4) is 0 Å². The summed E-state index contributed by atoms with van der Waals surface area (Å²) in [5, 5.41) is 10.1. The average Bonchev–Trinajstić information content (AvgIpc) is 3.00. The SMILES string of the molecule is C=C(C)C(=O)OCC(COC(=O)C(=C)C(C)(C)O)C1CCC(C2CCC(/C=C/C3CCC(CCCCC)CC3)CC2)CC1. The number of carbonyl (C=O) groups excluding carboxylic acids is 2. The van der Waals surface area contributed by atoms with Gasteiger partial charge in [-0.3, -0.25) is 0 Å². The predicted octanol–water partition coefficient (Wildman–Crippen LogP) is 9.15. The van der Waals surface area contributed by atoms with Gasteiger partial charge in [0.15, 0.2) is 0 Å². The molecule has 3 rings (SSSR count). The van der Waals surface area contributed by atoms with Gasteiger partial charge in [0, 0.05) is 11.5 Å². The molecule has 0 amide bonds. The van der Waals surface area contributed by atoms with E-state index in [0.717, 1.165) is 42.4 Å². The van der Waals surface area contributed by atoms with Gasteiger partial charge in [-0.1, -0.05) is 57.9 Å². The lowest BCUT2D eigenvalue weighted by atomic mass is 9.67. The monoisotopic (exact) mass is 598 g/mol. The minimum Gasteiger partial charge on any atom is -0.462 e. The highest BCUT2D eigenvalue weighted by Gasteiger charge is 2.35. The molecule has 43 heavy (non-hydrogen) atoms. The van der Waals surface area contributed by atoms with Gasteiger partial charge >= 0.3 is 11.9 Å². The Morgan fingerprint density at radius 2 is 1.28 bits per heavy atom. The topological polar surface area (TPSA) is 72.8 Å². The number of ether oxygens (including phenoxy) is 2. The van der Waals surface area contributed by atoms with Crippen LogP contribution in [-0.4, -0.2) is 35.9 Å². The van der Waals surface area contributed by atoms with Crippen LogP contribution in [0, 0.1) is 41.4 Å². The first-order chi connectivity index (χ1) is 20.5. The third kappa shape index (κ3) is 11.9. The Labute approximate surface area is 263 Å². The number of hydrogen-bond donors (Lipinski definition) is 1. The van der Waals surface area contributed by atoms with Crippen LogP contribution in [0.3, 0.4) is 0 Å². The highest BCUT2D eigenvalue weighted by atomic mass is 16.5. The van der Waals surface area contributed by atoms with Crippen molar-refractivity contribution in [2.24, 2.45) is 41.4 Å². The van der Waals surface area contributed by atoms with E-state index in [-0.39, 0.29) is 24.7 Å². The average molecular weight is 599 g/mol. The Kier molecular flexibility index (Phi) is 14.5. The summed E-state index contributed by atoms with van der Waals surface area (Å²) in [4.78, 5) is 24.6. The van der Waals surface area contributed by atoms with Gasteiger partial charge in [0.2, 0.25) is 0 Å². The summed E-state index contributed by atoms with van der Waals surface area (Å²) in [6, 6.07) is 0. The van der Waals surface area contributed by atoms with Gasteiger partial charge in [-0.2, -0.15) is 0 Å². The highest BCUT2D eigenvalue weighted by molar-refractivity contribution is 5.89. The summed E-state index contributed by atoms with van der Waals surface area (Å²) in [5.41, 5.74) is -0.936. The normalized spacial score (nSPS) is 29.1. The largest absolute Gasteiger partial charge is 0.462 e. The Bertz CT molecular complexity index is 918. The molecule has 3 saturated carbocycles. The summed E-state index contributed by atoms with van der Waals surface area (Å²) in [6.45, 7) is 14.7. The molecule has 3 fully saturated rings. The van der Waals surface area contributed by atoms with Gasteiger partial charge in [0.25, 0.3) is 0 Å². The summed E-state index contributed by atoms with van der Waals surface area (Å²) >= 11 is 0. The van der Waals surface area contributed by atoms with Crippen LogP contribution in [0.2, 0.25) is 0 Å². The van der Waals surface area contributed by atoms with Gasteiger partial charge in [0.05, 0.1) is 24.4 Å². The molecule has 0 aromatic carbocycles. The Balaban J connectivity index is 1.41. The molecule has 0 saturated heterocycles. The number of hydrogen-bond acceptors (Lipinski definition) is 5. The molecule has 0 aromatic heterocycles. The van der Waals surface area contributed by atoms with Gasteiger partial charge < -0.3 is 14.6 Å². The molecular weight excluding hydrogens is 536 g/mol. The fourth-order valence-electron chi connectivity index (χ4n) is 7.71. The quantitative estimate of drug-likeness (QED) is 0.0881. The van der Waals surface area contributed by atoms with E-state index in [1.54, 1.807) is 6.92 Å². The first kappa shape index (κ1) is 35.6. The van der Waals surface area contributed by atoms with Crippen LogP contribution in [0.15, 0.2) is 36.5 Å². The second-order valence-corrected chi connectivity index (χ2v) is 14.8. The fourth-order valence-corrected chi connectivity index (χ4v) is 7.71. The number of carbonyl (C=O) groups is 2. The maximum atomic E-state index is 12.5. The van der Waals surface area contributed by atoms with Crippen LogP contribution < -0.4 is 0 Å². The molecule has 5 nitrogen and oxygen atoms in total. The summed E-state index contributed by atoms with van der Waals surface area (Å²) in [7, 11) is 0. The van der Waals surface area contributed by atoms with Crippen LogP contribution in [0.4, 0.5) is 0 Å². The molecule has 1 unspecified atom stereocenters. The van der Waals surface area contributed by atoms with Crippen LogP contribution in [0.1, 0.15) is 130 Å². The van der Waals surface area contributed by atoms with E-state index >= 15 is 0 Å². The van der Waals surface area contributed by atoms with Crippen LogP contribution >= 0.6 is 0 Å². The van der Waals surface area contributed by atoms with Crippen molar-refractivity contribution in [3.05, 3.63) is 36.5 Å². The molecule has 5 heteroatoms. The summed E-state index contributed by atoms with van der Waals surface area (Å²) in [6.07, 6.45) is 26.3. The van der Waals surface area contributed by atoms with Crippen molar-refractivity contribution >= 4 is 11.9 Å². The molecule has 0 aromatic rings. The minimum absolute atomic E-state index is 0.0320. The number of allylic oxidation sites excluding steroid dienone is 2. The van der Waals surface area contributed by atoms with E-state index in [0.29, 0.717) is 11.5 Å². The second kappa shape index (κ2) is 17.6. The first-order valence-corrected chi connectivity index (χ1v) is 17.6. The molecule has 1 atom stereocenters. The zero-order valence-electron chi connectivity index (χ0n) is 27.9. The summed E-state index contributed by atoms with van der Waals surface area (Å²) < 4.78 is 11.1. The van der Waals surface area contributed by atoms with Crippen molar-refractivity contribution in [1.82, 2.24) is 0 Å². The molecule has 1 N–H and O–H groups in total. The Hall–Kier alpha value is -1.88. The third-order valence-corrected chi connectivity index (χ3v) is 10.9. The van der Waals surface area contributed by atoms with Crippen LogP contribution in [0.5, 0.6) is 0 Å². The first-order valence-electron chi connectivity index (χ1n) is 17.6. The second-order valence-electron chi connectivity index (χ2n) is 14.8. The maximum absolute atomic E-state index is 12.5. The Morgan fingerprint density at radius 3 is 1.77 bits per heavy atom. The molecule has 3 aliphatic carbocycles. The standard InChI is InChI=1S/C38H62O5/c1-7-8-9-10-29-11-13-30(14-12-29)15-16-31-17-19-32(20-18-31)33-21-23-34(24-22-33)35(25-42-36(39)27(2)3)26-43-37(40)28(4)38(5,6)41/h15-16,29-35,41H,2,4,7-14,17-26H2,1,3,5-6H3/b16-15+. The van der Waals surface area contributed by atoms with Gasteiger partial charge in [-0.15, -0.1) is 0 Å². The fraction of sp³-hybridized carbons (Fsp3) is 0.789. The molecule has 244 valence electrons. The molecule has 0 heterocycles. The number of esters is 2. The zero-order chi connectivity index (χ0) is 31.4. The molecule has 0 radical (unpaired) electrons. The van der Waals surface area contributed by atoms with Gasteiger partial charge in [-0.05, 0) is 133 Å².